The Kier molecular flexibility index (Phi) is 5.29. The SMILES string of the molecule is CN(OCO)C(=O)CC(C(N)=O)c1ccccc1. The van der Waals surface area contributed by atoms with E-state index in [-0.39, 0.29) is 6.42 Å². The normalized spacial score (nSPS) is 11.9. The molecule has 0 spiro atoms. The number of hydrogen-bond acceptors (Lipinski definition) is 4. The lowest BCUT2D eigenvalue weighted by Crippen LogP contribution is -2.32. The van der Waals surface area contributed by atoms with Crippen molar-refractivity contribution in [1.29, 1.82) is 0 Å². The van der Waals surface area contributed by atoms with E-state index in [0.717, 1.165) is 5.06 Å². The average molecular weight is 252 g/mol. The van der Waals surface area contributed by atoms with Crippen molar-refractivity contribution in [2.45, 2.75) is 12.3 Å². The van der Waals surface area contributed by atoms with E-state index in [1.165, 1.54) is 7.05 Å². The Morgan fingerprint density at radius 1 is 1.39 bits per heavy atom. The van der Waals surface area contributed by atoms with Gasteiger partial charge in [-0.1, -0.05) is 30.3 Å². The van der Waals surface area contributed by atoms with Gasteiger partial charge in [-0.3, -0.25) is 9.59 Å². The molecular weight excluding hydrogens is 236 g/mol. The molecule has 0 aliphatic carbocycles. The number of benzene rings is 1. The van der Waals surface area contributed by atoms with Gasteiger partial charge in [0.1, 0.15) is 0 Å². The maximum atomic E-state index is 11.7. The van der Waals surface area contributed by atoms with E-state index in [1.54, 1.807) is 24.3 Å². The highest BCUT2D eigenvalue weighted by atomic mass is 16.7. The fraction of sp³-hybridized carbons (Fsp3) is 0.333. The van der Waals surface area contributed by atoms with Gasteiger partial charge in [0.15, 0.2) is 6.79 Å². The Morgan fingerprint density at radius 2 is 2.00 bits per heavy atom. The van der Waals surface area contributed by atoms with Crippen LogP contribution in [0.15, 0.2) is 30.3 Å². The minimum atomic E-state index is -0.705. The number of rotatable bonds is 6. The lowest BCUT2D eigenvalue weighted by molar-refractivity contribution is -0.204. The third-order valence-corrected chi connectivity index (χ3v) is 2.53. The van der Waals surface area contributed by atoms with E-state index in [9.17, 15) is 9.59 Å². The third kappa shape index (κ3) is 3.83. The maximum absolute atomic E-state index is 11.7. The molecule has 6 nitrogen and oxygen atoms in total. The van der Waals surface area contributed by atoms with Crippen molar-refractivity contribution in [2.75, 3.05) is 13.8 Å². The predicted molar refractivity (Wildman–Crippen MR) is 63.9 cm³/mol. The van der Waals surface area contributed by atoms with E-state index in [1.807, 2.05) is 6.07 Å². The minimum absolute atomic E-state index is 0.101. The van der Waals surface area contributed by atoms with Gasteiger partial charge in [0.25, 0.3) is 0 Å². The summed E-state index contributed by atoms with van der Waals surface area (Å²) in [5.41, 5.74) is 5.97. The number of aliphatic hydroxyl groups is 1. The summed E-state index contributed by atoms with van der Waals surface area (Å²) in [7, 11) is 1.36. The highest BCUT2D eigenvalue weighted by molar-refractivity contribution is 5.88. The third-order valence-electron chi connectivity index (χ3n) is 2.53. The Bertz CT molecular complexity index is 408. The molecule has 0 bridgehead atoms. The molecule has 18 heavy (non-hydrogen) atoms. The smallest absolute Gasteiger partial charge is 0.247 e. The Hall–Kier alpha value is -1.92. The van der Waals surface area contributed by atoms with Gasteiger partial charge < -0.3 is 10.8 Å². The number of hydroxylamine groups is 2. The quantitative estimate of drug-likeness (QED) is 0.550. The van der Waals surface area contributed by atoms with Crippen LogP contribution in [0.2, 0.25) is 0 Å². The Labute approximate surface area is 105 Å². The molecule has 6 heteroatoms. The molecular formula is C12H16N2O4. The summed E-state index contributed by atoms with van der Waals surface area (Å²) in [6.45, 7) is -0.602. The first-order valence-corrected chi connectivity index (χ1v) is 5.41. The molecule has 1 atom stereocenters. The van der Waals surface area contributed by atoms with E-state index in [0.29, 0.717) is 5.56 Å². The second-order valence-corrected chi connectivity index (χ2v) is 3.72. The van der Waals surface area contributed by atoms with Crippen LogP contribution in [0.4, 0.5) is 0 Å². The van der Waals surface area contributed by atoms with E-state index >= 15 is 0 Å². The highest BCUT2D eigenvalue weighted by Crippen LogP contribution is 2.19. The lowest BCUT2D eigenvalue weighted by atomic mass is 9.95. The Balaban J connectivity index is 2.76. The van der Waals surface area contributed by atoms with Crippen LogP contribution in [-0.4, -0.2) is 35.8 Å². The molecule has 1 aromatic carbocycles. The summed E-state index contributed by atoms with van der Waals surface area (Å²) in [4.78, 5) is 27.7. The highest BCUT2D eigenvalue weighted by Gasteiger charge is 2.23. The number of nitrogens with zero attached hydrogens (tertiary/aromatic N) is 1. The second kappa shape index (κ2) is 6.73. The van der Waals surface area contributed by atoms with Crippen molar-refractivity contribution in [3.8, 4) is 0 Å². The number of carbonyl (C=O) groups excluding carboxylic acids is 2. The molecule has 98 valence electrons. The van der Waals surface area contributed by atoms with E-state index < -0.39 is 24.5 Å². The topological polar surface area (TPSA) is 92.9 Å². The first kappa shape index (κ1) is 14.1. The number of primary amides is 1. The van der Waals surface area contributed by atoms with Crippen LogP contribution in [-0.2, 0) is 14.4 Å². The molecule has 3 N–H and O–H groups in total. The largest absolute Gasteiger partial charge is 0.369 e. The van der Waals surface area contributed by atoms with Crippen LogP contribution in [0, 0.1) is 0 Å². The van der Waals surface area contributed by atoms with Crippen molar-refractivity contribution in [2.24, 2.45) is 5.73 Å². The van der Waals surface area contributed by atoms with Crippen molar-refractivity contribution in [3.05, 3.63) is 35.9 Å². The van der Waals surface area contributed by atoms with Crippen LogP contribution in [0.3, 0.4) is 0 Å². The molecule has 0 aromatic heterocycles. The number of aliphatic hydroxyl groups excluding tert-OH is 1. The van der Waals surface area contributed by atoms with Crippen molar-refractivity contribution >= 4 is 11.8 Å². The van der Waals surface area contributed by atoms with E-state index in [2.05, 4.69) is 4.84 Å². The van der Waals surface area contributed by atoms with Crippen LogP contribution in [0.25, 0.3) is 0 Å². The maximum Gasteiger partial charge on any atom is 0.247 e. The second-order valence-electron chi connectivity index (χ2n) is 3.72. The van der Waals surface area contributed by atoms with Crippen molar-refractivity contribution < 1.29 is 19.5 Å². The fourth-order valence-corrected chi connectivity index (χ4v) is 1.53. The molecule has 0 radical (unpaired) electrons. The summed E-state index contributed by atoms with van der Waals surface area (Å²) in [6.07, 6.45) is -0.101. The fourth-order valence-electron chi connectivity index (χ4n) is 1.53. The van der Waals surface area contributed by atoms with Crippen LogP contribution in [0.1, 0.15) is 17.9 Å². The molecule has 0 aliphatic heterocycles. The summed E-state index contributed by atoms with van der Waals surface area (Å²) >= 11 is 0. The van der Waals surface area contributed by atoms with Gasteiger partial charge in [-0.15, -0.1) is 0 Å². The van der Waals surface area contributed by atoms with Gasteiger partial charge in [-0.2, -0.15) is 0 Å². The molecule has 0 fully saturated rings. The molecule has 2 amide bonds. The standard InChI is InChI=1S/C12H16N2O4/c1-14(18-8-15)11(16)7-10(12(13)17)9-5-3-2-4-6-9/h2-6,10,15H,7-8H2,1H3,(H2,13,17). The minimum Gasteiger partial charge on any atom is -0.369 e. The van der Waals surface area contributed by atoms with Crippen molar-refractivity contribution in [3.63, 3.8) is 0 Å². The zero-order valence-electron chi connectivity index (χ0n) is 10.1. The Morgan fingerprint density at radius 3 is 2.50 bits per heavy atom. The summed E-state index contributed by atoms with van der Waals surface area (Å²) in [5.74, 6) is -1.72. The molecule has 0 saturated heterocycles. The van der Waals surface area contributed by atoms with E-state index in [4.69, 9.17) is 10.8 Å². The monoisotopic (exact) mass is 252 g/mol. The summed E-state index contributed by atoms with van der Waals surface area (Å²) in [5, 5.41) is 9.43. The van der Waals surface area contributed by atoms with Crippen molar-refractivity contribution in [1.82, 2.24) is 5.06 Å². The number of carbonyl (C=O) groups is 2. The number of nitrogens with two attached hydrogens (primary N) is 1. The first-order valence-electron chi connectivity index (χ1n) is 5.41. The van der Waals surface area contributed by atoms with Gasteiger partial charge in [-0.25, -0.2) is 9.90 Å². The molecule has 1 aromatic rings. The summed E-state index contributed by atoms with van der Waals surface area (Å²) < 4.78 is 0. The van der Waals surface area contributed by atoms with Crippen LogP contribution in [0.5, 0.6) is 0 Å². The average Bonchev–Trinajstić information content (AvgIpc) is 2.36. The molecule has 0 aliphatic rings. The van der Waals surface area contributed by atoms with Crippen LogP contribution < -0.4 is 5.73 Å². The van der Waals surface area contributed by atoms with Gasteiger partial charge in [0, 0.05) is 13.5 Å². The zero-order valence-corrected chi connectivity index (χ0v) is 10.1. The van der Waals surface area contributed by atoms with Crippen LogP contribution >= 0.6 is 0 Å². The number of amides is 2. The van der Waals surface area contributed by atoms with Gasteiger partial charge >= 0.3 is 0 Å². The molecule has 0 heterocycles. The predicted octanol–water partition coefficient (Wildman–Crippen LogP) is -0.0146. The summed E-state index contributed by atoms with van der Waals surface area (Å²) in [6, 6.07) is 8.81. The zero-order chi connectivity index (χ0) is 13.5. The van der Waals surface area contributed by atoms with Gasteiger partial charge in [0.05, 0.1) is 5.92 Å². The van der Waals surface area contributed by atoms with Gasteiger partial charge in [0.2, 0.25) is 11.8 Å². The lowest BCUT2D eigenvalue weighted by Gasteiger charge is -2.18. The first-order chi connectivity index (χ1) is 8.56. The molecule has 1 unspecified atom stereocenters. The molecule has 1 rings (SSSR count). The number of hydrogen-bond donors (Lipinski definition) is 2. The van der Waals surface area contributed by atoms with Gasteiger partial charge in [-0.05, 0) is 5.56 Å². The molecule has 0 saturated carbocycles.